The number of alkyl halides is 3. The molecule has 17 heavy (non-hydrogen) atoms. The summed E-state index contributed by atoms with van der Waals surface area (Å²) in [4.78, 5) is 9.97. The lowest BCUT2D eigenvalue weighted by molar-refractivity contribution is -0.297. The van der Waals surface area contributed by atoms with Crippen LogP contribution < -0.4 is 5.11 Å². The van der Waals surface area contributed by atoms with Gasteiger partial charge in [-0.2, -0.15) is 13.2 Å². The van der Waals surface area contributed by atoms with Crippen molar-refractivity contribution >= 4 is 5.97 Å². The first kappa shape index (κ1) is 12.8. The molecule has 0 atom stereocenters. The Bertz CT molecular complexity index is 487. The molecule has 0 radical (unpaired) electrons. The maximum Gasteiger partial charge on any atom is 0.416 e. The molecule has 0 aliphatic carbocycles. The Morgan fingerprint density at radius 1 is 1.24 bits per heavy atom. The van der Waals surface area contributed by atoms with Crippen molar-refractivity contribution in [2.75, 3.05) is 0 Å². The standard InChI is InChI=1S/C12H7F3O2/c13-12(14,15)10-7-5-9(6-8-10)3-1-2-4-11(16)17/h2,4-8H,(H,16,17)/p-1/b4-2+. The highest BCUT2D eigenvalue weighted by molar-refractivity contribution is 5.78. The van der Waals surface area contributed by atoms with Crippen LogP contribution in [0.1, 0.15) is 11.1 Å². The molecule has 0 bridgehead atoms. The summed E-state index contributed by atoms with van der Waals surface area (Å²) in [5, 5.41) is 9.97. The second-order valence-electron chi connectivity index (χ2n) is 3.00. The van der Waals surface area contributed by atoms with E-state index in [1.807, 2.05) is 0 Å². The SMILES string of the molecule is O=C([O-])/C=C/C#Cc1ccc(C(F)(F)F)cc1. The van der Waals surface area contributed by atoms with Crippen LogP contribution in [0.25, 0.3) is 0 Å². The lowest BCUT2D eigenvalue weighted by Crippen LogP contribution is -2.18. The Labute approximate surface area is 95.4 Å². The third-order valence-electron chi connectivity index (χ3n) is 1.73. The van der Waals surface area contributed by atoms with E-state index in [0.717, 1.165) is 24.3 Å². The summed E-state index contributed by atoms with van der Waals surface area (Å²) >= 11 is 0. The molecule has 0 aromatic heterocycles. The van der Waals surface area contributed by atoms with Gasteiger partial charge in [-0.15, -0.1) is 0 Å². The number of halogens is 3. The number of carboxylic acids is 1. The smallest absolute Gasteiger partial charge is 0.416 e. The molecule has 0 heterocycles. The molecule has 0 aliphatic heterocycles. The van der Waals surface area contributed by atoms with E-state index in [0.29, 0.717) is 5.56 Å². The van der Waals surface area contributed by atoms with Gasteiger partial charge in [0.2, 0.25) is 0 Å². The van der Waals surface area contributed by atoms with Crippen molar-refractivity contribution in [3.8, 4) is 11.8 Å². The van der Waals surface area contributed by atoms with Crippen molar-refractivity contribution in [2.24, 2.45) is 0 Å². The molecule has 0 aliphatic rings. The monoisotopic (exact) mass is 239 g/mol. The van der Waals surface area contributed by atoms with Crippen molar-refractivity contribution in [1.29, 1.82) is 0 Å². The normalized spacial score (nSPS) is 11.0. The predicted octanol–water partition coefficient (Wildman–Crippen LogP) is 1.36. The summed E-state index contributed by atoms with van der Waals surface area (Å²) < 4.78 is 36.6. The number of rotatable bonds is 1. The predicted molar refractivity (Wildman–Crippen MR) is 52.5 cm³/mol. The van der Waals surface area contributed by atoms with E-state index >= 15 is 0 Å². The van der Waals surface area contributed by atoms with E-state index in [2.05, 4.69) is 11.8 Å². The average Bonchev–Trinajstić information content (AvgIpc) is 2.23. The summed E-state index contributed by atoms with van der Waals surface area (Å²) in [6.07, 6.45) is -2.59. The Morgan fingerprint density at radius 2 is 1.82 bits per heavy atom. The number of allylic oxidation sites excluding steroid dienone is 1. The van der Waals surface area contributed by atoms with Gasteiger partial charge in [0.1, 0.15) is 0 Å². The van der Waals surface area contributed by atoms with Gasteiger partial charge in [-0.3, -0.25) is 0 Å². The molecule has 1 aromatic carbocycles. The Kier molecular flexibility index (Phi) is 3.94. The molecule has 1 aromatic rings. The maximum absolute atomic E-state index is 12.2. The van der Waals surface area contributed by atoms with Gasteiger partial charge in [0.05, 0.1) is 11.5 Å². The lowest BCUT2D eigenvalue weighted by atomic mass is 10.1. The second-order valence-corrected chi connectivity index (χ2v) is 3.00. The number of carbonyl (C=O) groups excluding carboxylic acids is 1. The number of benzene rings is 1. The number of aliphatic carboxylic acids is 1. The first-order valence-electron chi connectivity index (χ1n) is 4.46. The largest absolute Gasteiger partial charge is 0.545 e. The zero-order valence-electron chi connectivity index (χ0n) is 8.41. The fourth-order valence-electron chi connectivity index (χ4n) is 0.977. The Balaban J connectivity index is 2.79. The average molecular weight is 239 g/mol. The van der Waals surface area contributed by atoms with Gasteiger partial charge in [0.15, 0.2) is 0 Å². The molecule has 1 rings (SSSR count). The van der Waals surface area contributed by atoms with E-state index in [4.69, 9.17) is 0 Å². The van der Waals surface area contributed by atoms with E-state index < -0.39 is 17.7 Å². The highest BCUT2D eigenvalue weighted by Gasteiger charge is 2.29. The van der Waals surface area contributed by atoms with Crippen LogP contribution in [0.2, 0.25) is 0 Å². The minimum absolute atomic E-state index is 0.362. The van der Waals surface area contributed by atoms with Gasteiger partial charge in [-0.1, -0.05) is 11.8 Å². The number of hydrogen-bond acceptors (Lipinski definition) is 2. The molecular weight excluding hydrogens is 233 g/mol. The van der Waals surface area contributed by atoms with Crippen LogP contribution >= 0.6 is 0 Å². The molecule has 0 spiro atoms. The van der Waals surface area contributed by atoms with Crippen LogP contribution in [-0.2, 0) is 11.0 Å². The quantitative estimate of drug-likeness (QED) is 0.548. The van der Waals surface area contributed by atoms with Crippen molar-refractivity contribution in [3.05, 3.63) is 47.5 Å². The van der Waals surface area contributed by atoms with E-state index in [-0.39, 0.29) is 0 Å². The summed E-state index contributed by atoms with van der Waals surface area (Å²) in [5.74, 6) is 3.46. The van der Waals surface area contributed by atoms with E-state index in [1.165, 1.54) is 12.1 Å². The van der Waals surface area contributed by atoms with Crippen LogP contribution in [-0.4, -0.2) is 5.97 Å². The summed E-state index contributed by atoms with van der Waals surface area (Å²) in [5.41, 5.74) is -0.394. The first-order valence-corrected chi connectivity index (χ1v) is 4.46. The third-order valence-corrected chi connectivity index (χ3v) is 1.73. The van der Waals surface area contributed by atoms with Gasteiger partial charge >= 0.3 is 6.18 Å². The van der Waals surface area contributed by atoms with Gasteiger partial charge in [-0.25, -0.2) is 0 Å². The molecule has 0 fully saturated rings. The molecule has 0 N–H and O–H groups in total. The molecule has 2 nitrogen and oxygen atoms in total. The number of carboxylic acid groups (broad SMARTS) is 1. The van der Waals surface area contributed by atoms with Gasteiger partial charge < -0.3 is 9.90 Å². The fraction of sp³-hybridized carbons (Fsp3) is 0.0833. The first-order chi connectivity index (χ1) is 7.89. The van der Waals surface area contributed by atoms with Crippen LogP contribution in [0.5, 0.6) is 0 Å². The molecular formula is C12H6F3O2-. The molecule has 88 valence electrons. The van der Waals surface area contributed by atoms with Gasteiger partial charge in [0, 0.05) is 5.56 Å². The molecule has 0 saturated heterocycles. The highest BCUT2D eigenvalue weighted by Crippen LogP contribution is 2.28. The van der Waals surface area contributed by atoms with Crippen LogP contribution in [0.15, 0.2) is 36.4 Å². The van der Waals surface area contributed by atoms with Gasteiger partial charge in [-0.05, 0) is 36.4 Å². The summed E-state index contributed by atoms with van der Waals surface area (Å²) in [7, 11) is 0. The zero-order chi connectivity index (χ0) is 12.9. The van der Waals surface area contributed by atoms with Crippen molar-refractivity contribution in [3.63, 3.8) is 0 Å². The van der Waals surface area contributed by atoms with Crippen molar-refractivity contribution in [2.45, 2.75) is 6.18 Å². The molecule has 0 amide bonds. The lowest BCUT2D eigenvalue weighted by Gasteiger charge is -2.05. The molecule has 0 unspecified atom stereocenters. The van der Waals surface area contributed by atoms with Gasteiger partial charge in [0.25, 0.3) is 0 Å². The number of hydrogen-bond donors (Lipinski definition) is 0. The van der Waals surface area contributed by atoms with Crippen LogP contribution in [0.3, 0.4) is 0 Å². The summed E-state index contributed by atoms with van der Waals surface area (Å²) in [6.45, 7) is 0. The van der Waals surface area contributed by atoms with E-state index in [9.17, 15) is 23.1 Å². The Hall–Kier alpha value is -2.22. The Morgan fingerprint density at radius 3 is 2.29 bits per heavy atom. The van der Waals surface area contributed by atoms with Crippen LogP contribution in [0, 0.1) is 11.8 Å². The van der Waals surface area contributed by atoms with Crippen molar-refractivity contribution in [1.82, 2.24) is 0 Å². The topological polar surface area (TPSA) is 40.1 Å². The van der Waals surface area contributed by atoms with Crippen LogP contribution in [0.4, 0.5) is 13.2 Å². The summed E-state index contributed by atoms with van der Waals surface area (Å²) in [6, 6.07) is 4.24. The third kappa shape index (κ3) is 4.43. The van der Waals surface area contributed by atoms with E-state index in [1.54, 1.807) is 0 Å². The second kappa shape index (κ2) is 5.21. The minimum atomic E-state index is -4.37. The highest BCUT2D eigenvalue weighted by atomic mass is 19.4. The number of carbonyl (C=O) groups is 1. The fourth-order valence-corrected chi connectivity index (χ4v) is 0.977. The maximum atomic E-state index is 12.2. The molecule has 0 saturated carbocycles. The minimum Gasteiger partial charge on any atom is -0.545 e. The zero-order valence-corrected chi connectivity index (χ0v) is 8.41. The molecule has 5 heteroatoms. The van der Waals surface area contributed by atoms with Crippen molar-refractivity contribution < 1.29 is 23.1 Å².